The van der Waals surface area contributed by atoms with Gasteiger partial charge in [-0.15, -0.1) is 25.6 Å². The van der Waals surface area contributed by atoms with E-state index >= 15 is 0 Å². The van der Waals surface area contributed by atoms with Crippen LogP contribution in [0.4, 0.5) is 56.9 Å². The zero-order valence-electron chi connectivity index (χ0n) is 37.2. The van der Waals surface area contributed by atoms with Crippen LogP contribution in [-0.4, -0.2) is 63.3 Å². The number of phenols is 2. The number of aryl methyl sites for hydroxylation is 3. The Morgan fingerprint density at radius 1 is 0.457 bits per heavy atom. The second kappa shape index (κ2) is 19.9. The van der Waals surface area contributed by atoms with Crippen LogP contribution in [0.2, 0.25) is 0 Å². The van der Waals surface area contributed by atoms with E-state index in [9.17, 15) is 49.1 Å². The zero-order valence-corrected chi connectivity index (χ0v) is 39.6. The number of hydrogen-bond acceptors (Lipinski definition) is 19. The van der Waals surface area contributed by atoms with Crippen molar-refractivity contribution in [3.63, 3.8) is 0 Å². The number of nitrogens with one attached hydrogen (secondary N) is 1. The van der Waals surface area contributed by atoms with Gasteiger partial charge in [0.2, 0.25) is 0 Å². The number of anilines is 2. The molecular formula is C45H39N9O13S3. The lowest BCUT2D eigenvalue weighted by molar-refractivity contribution is 0.415. The number of aromatic hydroxyl groups is 2. The Balaban J connectivity index is 1.11. The number of fused-ring (bicyclic) bond motifs is 1. The number of benzene rings is 7. The van der Waals surface area contributed by atoms with Crippen molar-refractivity contribution in [3.8, 4) is 23.0 Å². The molecule has 6 N–H and O–H groups in total. The van der Waals surface area contributed by atoms with Gasteiger partial charge in [0.05, 0.1) is 36.2 Å². The Hall–Kier alpha value is -8.07. The van der Waals surface area contributed by atoms with E-state index in [4.69, 9.17) is 9.47 Å². The van der Waals surface area contributed by atoms with Crippen molar-refractivity contribution in [2.75, 3.05) is 19.5 Å². The lowest BCUT2D eigenvalue weighted by Gasteiger charge is -2.11. The number of rotatable bonds is 15. The van der Waals surface area contributed by atoms with Gasteiger partial charge in [-0.1, -0.05) is 18.2 Å². The minimum atomic E-state index is -4.98. The molecule has 22 nitrogen and oxygen atoms in total. The van der Waals surface area contributed by atoms with E-state index in [-0.39, 0.29) is 50.7 Å². The van der Waals surface area contributed by atoms with Crippen molar-refractivity contribution in [1.29, 1.82) is 0 Å². The molecule has 0 aromatic heterocycles. The number of ether oxygens (including phenoxy) is 2. The van der Waals surface area contributed by atoms with E-state index in [1.54, 1.807) is 57.2 Å². The fourth-order valence-electron chi connectivity index (χ4n) is 6.66. The predicted molar refractivity (Wildman–Crippen MR) is 256 cm³/mol. The van der Waals surface area contributed by atoms with Crippen LogP contribution >= 0.6 is 0 Å². The Labute approximate surface area is 399 Å². The van der Waals surface area contributed by atoms with E-state index in [0.717, 1.165) is 23.9 Å². The topological polar surface area (TPSA) is 333 Å². The quantitative estimate of drug-likeness (QED) is 0.0411. The number of para-hydroxylation sites is 1. The minimum Gasteiger partial charge on any atom is -0.506 e. The van der Waals surface area contributed by atoms with Crippen LogP contribution in [0.5, 0.6) is 23.0 Å². The molecule has 0 spiro atoms. The van der Waals surface area contributed by atoms with Crippen LogP contribution < -0.4 is 14.8 Å². The van der Waals surface area contributed by atoms with Gasteiger partial charge in [-0.05, 0) is 116 Å². The van der Waals surface area contributed by atoms with Crippen LogP contribution in [0.1, 0.15) is 16.7 Å². The smallest absolute Gasteiger partial charge is 0.296 e. The fourth-order valence-corrected chi connectivity index (χ4v) is 8.55. The third-order valence-electron chi connectivity index (χ3n) is 10.2. The first kappa shape index (κ1) is 49.8. The molecule has 360 valence electrons. The molecule has 0 bridgehead atoms. The highest BCUT2D eigenvalue weighted by atomic mass is 32.2. The molecule has 7 rings (SSSR count). The molecule has 25 heteroatoms. The number of methoxy groups -OCH3 is 2. The Morgan fingerprint density at radius 2 is 0.957 bits per heavy atom. The van der Waals surface area contributed by atoms with Crippen molar-refractivity contribution in [3.05, 3.63) is 126 Å². The van der Waals surface area contributed by atoms with Gasteiger partial charge in [0, 0.05) is 35.0 Å². The number of nitrogens with zero attached hydrogens (tertiary/aromatic N) is 8. The summed E-state index contributed by atoms with van der Waals surface area (Å²) >= 11 is 0. The molecule has 0 radical (unpaired) electrons. The van der Waals surface area contributed by atoms with Gasteiger partial charge >= 0.3 is 0 Å². The first-order valence-corrected chi connectivity index (χ1v) is 24.4. The van der Waals surface area contributed by atoms with Crippen LogP contribution in [0.3, 0.4) is 0 Å². The predicted octanol–water partition coefficient (Wildman–Crippen LogP) is 12.3. The molecular weight excluding hydrogens is 971 g/mol. The van der Waals surface area contributed by atoms with Gasteiger partial charge in [-0.2, -0.15) is 40.6 Å². The lowest BCUT2D eigenvalue weighted by Crippen LogP contribution is -2.03. The van der Waals surface area contributed by atoms with Crippen molar-refractivity contribution in [2.24, 2.45) is 40.9 Å². The average molecular weight is 1010 g/mol. The molecule has 0 unspecified atom stereocenters. The van der Waals surface area contributed by atoms with Crippen LogP contribution in [0.25, 0.3) is 10.8 Å². The summed E-state index contributed by atoms with van der Waals surface area (Å²) in [6, 6.07) is 26.4. The van der Waals surface area contributed by atoms with E-state index in [2.05, 4.69) is 46.2 Å². The first-order valence-electron chi connectivity index (χ1n) is 20.1. The van der Waals surface area contributed by atoms with Crippen LogP contribution in [0.15, 0.2) is 165 Å². The summed E-state index contributed by atoms with van der Waals surface area (Å²) in [5.41, 5.74) is 3.11. The van der Waals surface area contributed by atoms with Gasteiger partial charge < -0.3 is 25.0 Å². The van der Waals surface area contributed by atoms with Gasteiger partial charge in [0.15, 0.2) is 5.75 Å². The summed E-state index contributed by atoms with van der Waals surface area (Å²) in [6.45, 7) is 5.03. The van der Waals surface area contributed by atoms with E-state index in [1.165, 1.54) is 32.4 Å². The van der Waals surface area contributed by atoms with Crippen molar-refractivity contribution >= 4 is 98.0 Å². The molecule has 70 heavy (non-hydrogen) atoms. The molecule has 7 aromatic carbocycles. The molecule has 0 atom stereocenters. The average Bonchev–Trinajstić information content (AvgIpc) is 3.30. The fraction of sp³-hybridized carbons (Fsp3) is 0.111. The zero-order chi connectivity index (χ0) is 50.7. The highest BCUT2D eigenvalue weighted by Crippen LogP contribution is 2.45. The maximum atomic E-state index is 12.5. The summed E-state index contributed by atoms with van der Waals surface area (Å²) in [6.07, 6.45) is 0. The number of azo groups is 4. The molecule has 0 aliphatic carbocycles. The highest BCUT2D eigenvalue weighted by molar-refractivity contribution is 7.87. The Bertz CT molecular complexity index is 3700. The third-order valence-corrected chi connectivity index (χ3v) is 12.8. The first-order chi connectivity index (χ1) is 33.0. The highest BCUT2D eigenvalue weighted by Gasteiger charge is 2.24. The summed E-state index contributed by atoms with van der Waals surface area (Å²) in [5, 5.41) is 59.0. The SMILES string of the molecule is COc1cc(N=Nc2cc(C)c(N=Nc3ccc(S(=O)(=O)O)cc3S(=O)(=O)O)cc2OC)c(C)cc1N=Nc1cc(O)c(N=Nc2c(S(=O)(=O)O)cc3cc(Nc4ccccc4)ccc3c2O)cc1C. The van der Waals surface area contributed by atoms with Gasteiger partial charge in [-0.25, -0.2) is 0 Å². The third kappa shape index (κ3) is 11.3. The van der Waals surface area contributed by atoms with Gasteiger partial charge in [0.25, 0.3) is 30.4 Å². The van der Waals surface area contributed by atoms with Crippen molar-refractivity contribution < 1.29 is 58.6 Å². The molecule has 0 saturated heterocycles. The normalized spacial score (nSPS) is 12.5. The monoisotopic (exact) mass is 1010 g/mol. The summed E-state index contributed by atoms with van der Waals surface area (Å²) in [4.78, 5) is -2.40. The molecule has 0 heterocycles. The number of phenolic OH excluding ortho intramolecular Hbond substituents is 2. The number of hydrogen-bond donors (Lipinski definition) is 6. The van der Waals surface area contributed by atoms with E-state index < -0.39 is 67.9 Å². The maximum absolute atomic E-state index is 12.5. The molecule has 0 aliphatic rings. The van der Waals surface area contributed by atoms with Gasteiger partial charge in [-0.3, -0.25) is 13.7 Å². The Kier molecular flexibility index (Phi) is 14.1. The van der Waals surface area contributed by atoms with Crippen molar-refractivity contribution in [1.82, 2.24) is 0 Å². The summed E-state index contributed by atoms with van der Waals surface area (Å²) in [7, 11) is -11.9. The summed E-state index contributed by atoms with van der Waals surface area (Å²) < 4.78 is 112. The molecule has 0 fully saturated rings. The molecule has 7 aromatic rings. The van der Waals surface area contributed by atoms with Gasteiger partial charge in [0.1, 0.15) is 55.5 Å². The van der Waals surface area contributed by atoms with E-state index in [0.29, 0.717) is 34.1 Å². The second-order valence-corrected chi connectivity index (χ2v) is 19.3. The second-order valence-electron chi connectivity index (χ2n) is 15.1. The standard InChI is InChI=1S/C45H39N9O13S3/c1-24-15-36(51-54-44-43(70(63,64)65)19-27-18-29(11-13-31(27)45(44)56)46-28-9-7-6-8-10-28)39(55)21-33(24)48-52-37-17-26(3)35(23-41(37)67-5)50-53-38-16-25(2)34(22-40(38)66-4)49-47-32-14-12-30(68(57,58)59)20-42(32)69(60,61)62/h6-23,46,55-56H,1-5H3,(H,57,58,59)(H,60,61,62)(H,63,64,65). The van der Waals surface area contributed by atoms with E-state index in [1.807, 2.05) is 30.3 Å². The molecule has 0 amide bonds. The largest absolute Gasteiger partial charge is 0.506 e. The Morgan fingerprint density at radius 3 is 1.49 bits per heavy atom. The maximum Gasteiger partial charge on any atom is 0.296 e. The van der Waals surface area contributed by atoms with Crippen molar-refractivity contribution in [2.45, 2.75) is 35.5 Å². The molecule has 0 aliphatic heterocycles. The van der Waals surface area contributed by atoms with Crippen LogP contribution in [-0.2, 0) is 30.4 Å². The molecule has 0 saturated carbocycles. The minimum absolute atomic E-state index is 0.116. The van der Waals surface area contributed by atoms with Crippen LogP contribution in [0, 0.1) is 20.8 Å². The summed E-state index contributed by atoms with van der Waals surface area (Å²) in [5.74, 6) is -0.563. The lowest BCUT2D eigenvalue weighted by atomic mass is 10.1.